The van der Waals surface area contributed by atoms with E-state index in [0.29, 0.717) is 10.7 Å². The van der Waals surface area contributed by atoms with Crippen LogP contribution in [0.4, 0.5) is 0 Å². The number of carbonyl (C=O) groups excluding carboxylic acids is 2. The molecule has 0 aliphatic heterocycles. The Morgan fingerprint density at radius 1 is 1.04 bits per heavy atom. The van der Waals surface area contributed by atoms with E-state index >= 15 is 0 Å². The van der Waals surface area contributed by atoms with Gasteiger partial charge in [0.25, 0.3) is 5.91 Å². The van der Waals surface area contributed by atoms with Crippen molar-refractivity contribution in [2.45, 2.75) is 19.0 Å². The monoisotopic (exact) mass is 382 g/mol. The molecule has 0 saturated heterocycles. The van der Waals surface area contributed by atoms with Gasteiger partial charge in [-0.3, -0.25) is 20.4 Å². The zero-order valence-electron chi connectivity index (χ0n) is 14.8. The first-order valence-corrected chi connectivity index (χ1v) is 9.15. The van der Waals surface area contributed by atoms with Gasteiger partial charge in [0.15, 0.2) is 0 Å². The van der Waals surface area contributed by atoms with Crippen molar-refractivity contribution in [3.05, 3.63) is 65.2 Å². The van der Waals surface area contributed by atoms with Crippen LogP contribution in [-0.2, 0) is 4.79 Å². The minimum Gasteiger partial charge on any atom is -0.272 e. The second kappa shape index (κ2) is 8.45. The molecule has 0 radical (unpaired) electrons. The summed E-state index contributed by atoms with van der Waals surface area (Å²) in [5.74, 6) is -0.687. The predicted molar refractivity (Wildman–Crippen MR) is 101 cm³/mol. The van der Waals surface area contributed by atoms with Crippen molar-refractivity contribution in [3.8, 4) is 5.69 Å². The lowest BCUT2D eigenvalue weighted by atomic mass is 10.1. The summed E-state index contributed by atoms with van der Waals surface area (Å²) < 4.78 is 1.58. The Labute approximate surface area is 160 Å². The SMILES string of the molecule is Cc1cc(C)cc(-n2nnnc2SCC(=O)NNC(=O)c2ccccc2)c1. The Kier molecular flexibility index (Phi) is 5.82. The van der Waals surface area contributed by atoms with Gasteiger partial charge in [0.2, 0.25) is 11.1 Å². The lowest BCUT2D eigenvalue weighted by molar-refractivity contribution is -0.119. The molecule has 2 aromatic carbocycles. The van der Waals surface area contributed by atoms with E-state index in [9.17, 15) is 9.59 Å². The fourth-order valence-corrected chi connectivity index (χ4v) is 3.15. The van der Waals surface area contributed by atoms with Gasteiger partial charge in [0, 0.05) is 5.56 Å². The molecule has 8 nitrogen and oxygen atoms in total. The predicted octanol–water partition coefficient (Wildman–Crippen LogP) is 1.83. The van der Waals surface area contributed by atoms with Crippen LogP contribution < -0.4 is 10.9 Å². The fourth-order valence-electron chi connectivity index (χ4n) is 2.46. The van der Waals surface area contributed by atoms with Crippen LogP contribution in [0.1, 0.15) is 21.5 Å². The van der Waals surface area contributed by atoms with E-state index in [0.717, 1.165) is 16.8 Å². The maximum atomic E-state index is 12.0. The molecule has 3 rings (SSSR count). The van der Waals surface area contributed by atoms with Gasteiger partial charge in [-0.25, -0.2) is 0 Å². The highest BCUT2D eigenvalue weighted by atomic mass is 32.2. The molecule has 3 aromatic rings. The smallest absolute Gasteiger partial charge is 0.269 e. The van der Waals surface area contributed by atoms with Crippen LogP contribution in [0.25, 0.3) is 5.69 Å². The van der Waals surface area contributed by atoms with Gasteiger partial charge in [-0.1, -0.05) is 36.0 Å². The van der Waals surface area contributed by atoms with Crippen molar-refractivity contribution < 1.29 is 9.59 Å². The van der Waals surface area contributed by atoms with Crippen LogP contribution in [0, 0.1) is 13.8 Å². The number of nitrogens with one attached hydrogen (secondary N) is 2. The molecule has 0 fully saturated rings. The molecule has 1 heterocycles. The maximum absolute atomic E-state index is 12.0. The van der Waals surface area contributed by atoms with Crippen molar-refractivity contribution in [3.63, 3.8) is 0 Å². The maximum Gasteiger partial charge on any atom is 0.269 e. The molecule has 27 heavy (non-hydrogen) atoms. The van der Waals surface area contributed by atoms with Gasteiger partial charge < -0.3 is 0 Å². The number of hydrazine groups is 1. The number of thioether (sulfide) groups is 1. The third-order valence-electron chi connectivity index (χ3n) is 3.58. The molecule has 2 amide bonds. The van der Waals surface area contributed by atoms with Crippen molar-refractivity contribution in [2.24, 2.45) is 0 Å². The summed E-state index contributed by atoms with van der Waals surface area (Å²) in [7, 11) is 0. The number of aromatic nitrogens is 4. The number of tetrazole rings is 1. The number of benzene rings is 2. The quantitative estimate of drug-likeness (QED) is 0.516. The molecule has 0 unspecified atom stereocenters. The number of hydrogen-bond donors (Lipinski definition) is 2. The highest BCUT2D eigenvalue weighted by Crippen LogP contribution is 2.19. The standard InChI is InChI=1S/C18H18N6O2S/c1-12-8-13(2)10-15(9-12)24-18(21-22-23-24)27-11-16(25)19-20-17(26)14-6-4-3-5-7-14/h3-10H,11H2,1-2H3,(H,19,25)(H,20,26). The second-order valence-corrected chi connectivity index (χ2v) is 6.82. The third-order valence-corrected chi connectivity index (χ3v) is 4.50. The van der Waals surface area contributed by atoms with Crippen LogP contribution >= 0.6 is 11.8 Å². The largest absolute Gasteiger partial charge is 0.272 e. The van der Waals surface area contributed by atoms with Gasteiger partial charge in [0.1, 0.15) is 0 Å². The summed E-state index contributed by atoms with van der Waals surface area (Å²) in [4.78, 5) is 23.9. The van der Waals surface area contributed by atoms with Gasteiger partial charge in [0.05, 0.1) is 11.4 Å². The van der Waals surface area contributed by atoms with Crippen LogP contribution in [0.3, 0.4) is 0 Å². The fraction of sp³-hybridized carbons (Fsp3) is 0.167. The average Bonchev–Trinajstić information content (AvgIpc) is 3.13. The van der Waals surface area contributed by atoms with E-state index in [4.69, 9.17) is 0 Å². The van der Waals surface area contributed by atoms with E-state index in [1.54, 1.807) is 28.9 Å². The first-order valence-electron chi connectivity index (χ1n) is 8.17. The summed E-state index contributed by atoms with van der Waals surface area (Å²) in [6.07, 6.45) is 0. The number of amides is 2. The number of hydrogen-bond acceptors (Lipinski definition) is 6. The van der Waals surface area contributed by atoms with Crippen molar-refractivity contribution in [1.29, 1.82) is 0 Å². The summed E-state index contributed by atoms with van der Waals surface area (Å²) in [5, 5.41) is 12.1. The third kappa shape index (κ3) is 4.91. The molecule has 0 bridgehead atoms. The molecule has 0 spiro atoms. The summed E-state index contributed by atoms with van der Waals surface area (Å²) in [6.45, 7) is 3.99. The topological polar surface area (TPSA) is 102 Å². The molecule has 0 aliphatic rings. The Morgan fingerprint density at radius 3 is 2.44 bits per heavy atom. The van der Waals surface area contributed by atoms with Crippen LogP contribution in [0.2, 0.25) is 0 Å². The molecule has 2 N–H and O–H groups in total. The van der Waals surface area contributed by atoms with Crippen LogP contribution in [0.15, 0.2) is 53.7 Å². The minimum atomic E-state index is -0.381. The molecule has 9 heteroatoms. The highest BCUT2D eigenvalue weighted by Gasteiger charge is 2.13. The van der Waals surface area contributed by atoms with Gasteiger partial charge in [-0.2, -0.15) is 4.68 Å². The van der Waals surface area contributed by atoms with Crippen molar-refractivity contribution in [1.82, 2.24) is 31.1 Å². The summed E-state index contributed by atoms with van der Waals surface area (Å²) in [5.41, 5.74) is 8.25. The molecule has 138 valence electrons. The number of nitrogens with zero attached hydrogens (tertiary/aromatic N) is 4. The van der Waals surface area contributed by atoms with Gasteiger partial charge >= 0.3 is 0 Å². The zero-order chi connectivity index (χ0) is 19.2. The lowest BCUT2D eigenvalue weighted by Gasteiger charge is -2.08. The summed E-state index contributed by atoms with van der Waals surface area (Å²) in [6, 6.07) is 14.6. The molecule has 1 aromatic heterocycles. The van der Waals surface area contributed by atoms with E-state index in [-0.39, 0.29) is 17.6 Å². The van der Waals surface area contributed by atoms with E-state index in [1.165, 1.54) is 11.8 Å². The molecule has 0 aliphatic carbocycles. The second-order valence-electron chi connectivity index (χ2n) is 5.88. The first kappa shape index (κ1) is 18.6. The van der Waals surface area contributed by atoms with E-state index in [2.05, 4.69) is 32.4 Å². The van der Waals surface area contributed by atoms with Gasteiger partial charge in [-0.05, 0) is 59.7 Å². The van der Waals surface area contributed by atoms with Crippen molar-refractivity contribution in [2.75, 3.05) is 5.75 Å². The van der Waals surface area contributed by atoms with Crippen molar-refractivity contribution >= 4 is 23.6 Å². The Balaban J connectivity index is 1.57. The number of aryl methyl sites for hydroxylation is 2. The number of rotatable bonds is 5. The van der Waals surface area contributed by atoms with Crippen LogP contribution in [0.5, 0.6) is 0 Å². The molecule has 0 saturated carbocycles. The normalized spacial score (nSPS) is 10.4. The minimum absolute atomic E-state index is 0.0558. The van der Waals surface area contributed by atoms with Crippen LogP contribution in [-0.4, -0.2) is 37.8 Å². The molecular formula is C18H18N6O2S. The van der Waals surface area contributed by atoms with E-state index in [1.807, 2.05) is 32.0 Å². The zero-order valence-corrected chi connectivity index (χ0v) is 15.7. The van der Waals surface area contributed by atoms with E-state index < -0.39 is 0 Å². The van der Waals surface area contributed by atoms with Gasteiger partial charge in [-0.15, -0.1) is 5.10 Å². The highest BCUT2D eigenvalue weighted by molar-refractivity contribution is 7.99. The Morgan fingerprint density at radius 2 is 1.74 bits per heavy atom. The molecule has 0 atom stereocenters. The summed E-state index contributed by atoms with van der Waals surface area (Å²) >= 11 is 1.18. The lowest BCUT2D eigenvalue weighted by Crippen LogP contribution is -2.42. The molecular weight excluding hydrogens is 364 g/mol. The first-order chi connectivity index (χ1) is 13.0. The number of carbonyl (C=O) groups is 2. The Hall–Kier alpha value is -3.20. The average molecular weight is 382 g/mol. The Bertz CT molecular complexity index is 937.